The van der Waals surface area contributed by atoms with Crippen molar-refractivity contribution in [3.05, 3.63) is 23.8 Å². The van der Waals surface area contributed by atoms with Crippen LogP contribution >= 0.6 is 0 Å². The largest absolute Gasteiger partial charge is 0.0885 e. The predicted octanol–water partition coefficient (Wildman–Crippen LogP) is 4.62. The standard InChI is InChI=1S/C7H12.C6H10/c1-2-7-5-3-4-6-7;1-2-4-6-5-3-1/h5H,2-4,6H2,1H3;1-2H,3-6H2. The lowest BCUT2D eigenvalue weighted by atomic mass is 10.1. The van der Waals surface area contributed by atoms with Gasteiger partial charge in [0.2, 0.25) is 0 Å². The van der Waals surface area contributed by atoms with Crippen molar-refractivity contribution in [3.63, 3.8) is 0 Å². The fourth-order valence-electron chi connectivity index (χ4n) is 1.82. The van der Waals surface area contributed by atoms with Gasteiger partial charge in [-0.3, -0.25) is 0 Å². The molecule has 0 unspecified atom stereocenters. The van der Waals surface area contributed by atoms with Gasteiger partial charge in [0.1, 0.15) is 0 Å². The molecule has 0 heteroatoms. The minimum atomic E-state index is 1.28. The molecule has 2 aliphatic rings. The van der Waals surface area contributed by atoms with Crippen molar-refractivity contribution in [2.75, 3.05) is 0 Å². The van der Waals surface area contributed by atoms with Gasteiger partial charge in [-0.2, -0.15) is 0 Å². The molecular weight excluding hydrogens is 156 g/mol. The molecule has 0 aromatic carbocycles. The van der Waals surface area contributed by atoms with E-state index in [0.29, 0.717) is 0 Å². The molecule has 2 aliphatic carbocycles. The van der Waals surface area contributed by atoms with Crippen molar-refractivity contribution in [3.8, 4) is 0 Å². The Morgan fingerprint density at radius 3 is 1.92 bits per heavy atom. The van der Waals surface area contributed by atoms with Crippen molar-refractivity contribution in [1.29, 1.82) is 0 Å². The van der Waals surface area contributed by atoms with Gasteiger partial charge in [-0.05, 0) is 51.4 Å². The highest BCUT2D eigenvalue weighted by Crippen LogP contribution is 2.19. The van der Waals surface area contributed by atoms with E-state index in [2.05, 4.69) is 25.2 Å². The first-order valence-electron chi connectivity index (χ1n) is 5.76. The minimum Gasteiger partial charge on any atom is -0.0885 e. The number of hydrogen-bond donors (Lipinski definition) is 0. The molecule has 0 bridgehead atoms. The summed E-state index contributed by atoms with van der Waals surface area (Å²) in [7, 11) is 0. The zero-order chi connectivity index (χ0) is 9.36. The second kappa shape index (κ2) is 6.94. The molecule has 2 rings (SSSR count). The molecule has 74 valence electrons. The lowest BCUT2D eigenvalue weighted by Gasteiger charge is -1.97. The first-order chi connectivity index (χ1) is 6.43. The van der Waals surface area contributed by atoms with E-state index < -0.39 is 0 Å². The Bertz CT molecular complexity index is 166. The van der Waals surface area contributed by atoms with Gasteiger partial charge in [-0.1, -0.05) is 30.7 Å². The molecule has 0 nitrogen and oxygen atoms in total. The van der Waals surface area contributed by atoms with Gasteiger partial charge in [0.25, 0.3) is 0 Å². The maximum absolute atomic E-state index is 2.38. The van der Waals surface area contributed by atoms with Crippen molar-refractivity contribution in [2.45, 2.75) is 58.3 Å². The van der Waals surface area contributed by atoms with Crippen molar-refractivity contribution < 1.29 is 0 Å². The monoisotopic (exact) mass is 178 g/mol. The van der Waals surface area contributed by atoms with E-state index >= 15 is 0 Å². The third-order valence-corrected chi connectivity index (χ3v) is 2.75. The quantitative estimate of drug-likeness (QED) is 0.514. The van der Waals surface area contributed by atoms with Crippen LogP contribution in [0.2, 0.25) is 0 Å². The molecule has 0 saturated heterocycles. The molecule has 0 N–H and O–H groups in total. The Morgan fingerprint density at radius 1 is 1.00 bits per heavy atom. The van der Waals surface area contributed by atoms with Crippen molar-refractivity contribution in [2.24, 2.45) is 0 Å². The molecule has 13 heavy (non-hydrogen) atoms. The van der Waals surface area contributed by atoms with Crippen molar-refractivity contribution >= 4 is 0 Å². The van der Waals surface area contributed by atoms with Gasteiger partial charge in [-0.15, -0.1) is 0 Å². The van der Waals surface area contributed by atoms with Gasteiger partial charge in [-0.25, -0.2) is 0 Å². The van der Waals surface area contributed by atoms with Crippen molar-refractivity contribution in [1.82, 2.24) is 0 Å². The van der Waals surface area contributed by atoms with Crippen LogP contribution in [-0.4, -0.2) is 0 Å². The molecule has 0 amide bonds. The van der Waals surface area contributed by atoms with Crippen LogP contribution in [0.5, 0.6) is 0 Å². The van der Waals surface area contributed by atoms with Gasteiger partial charge < -0.3 is 0 Å². The summed E-state index contributed by atoms with van der Waals surface area (Å²) < 4.78 is 0. The average Bonchev–Trinajstić information content (AvgIpc) is 2.74. The zero-order valence-corrected chi connectivity index (χ0v) is 8.89. The molecule has 0 aromatic heterocycles. The van der Waals surface area contributed by atoms with Crippen LogP contribution < -0.4 is 0 Å². The summed E-state index contributed by atoms with van der Waals surface area (Å²) in [5.41, 5.74) is 1.67. The van der Waals surface area contributed by atoms with E-state index in [1.54, 1.807) is 5.57 Å². The lowest BCUT2D eigenvalue weighted by Crippen LogP contribution is -1.77. The number of rotatable bonds is 1. The van der Waals surface area contributed by atoms with E-state index in [1.807, 2.05) is 0 Å². The van der Waals surface area contributed by atoms with E-state index in [0.717, 1.165) is 0 Å². The highest BCUT2D eigenvalue weighted by molar-refractivity contribution is 5.05. The predicted molar refractivity (Wildman–Crippen MR) is 59.8 cm³/mol. The second-order valence-electron chi connectivity index (χ2n) is 3.86. The Hall–Kier alpha value is -0.520. The van der Waals surface area contributed by atoms with Gasteiger partial charge in [0, 0.05) is 0 Å². The number of hydrogen-bond acceptors (Lipinski definition) is 0. The van der Waals surface area contributed by atoms with Crippen LogP contribution in [0.4, 0.5) is 0 Å². The summed E-state index contributed by atoms with van der Waals surface area (Å²) >= 11 is 0. The summed E-state index contributed by atoms with van der Waals surface area (Å²) in [5.74, 6) is 0. The third-order valence-electron chi connectivity index (χ3n) is 2.75. The molecule has 0 fully saturated rings. The Kier molecular flexibility index (Phi) is 5.64. The summed E-state index contributed by atoms with van der Waals surface area (Å²) in [6, 6.07) is 0. The summed E-state index contributed by atoms with van der Waals surface area (Å²) in [6.07, 6.45) is 17.8. The van der Waals surface area contributed by atoms with E-state index in [9.17, 15) is 0 Å². The van der Waals surface area contributed by atoms with Gasteiger partial charge >= 0.3 is 0 Å². The third kappa shape index (κ3) is 4.92. The summed E-state index contributed by atoms with van der Waals surface area (Å²) in [6.45, 7) is 2.23. The van der Waals surface area contributed by atoms with Gasteiger partial charge in [0.05, 0.1) is 0 Å². The highest BCUT2D eigenvalue weighted by atomic mass is 14.1. The smallest absolute Gasteiger partial charge is 0.0317 e. The first kappa shape index (κ1) is 10.6. The van der Waals surface area contributed by atoms with Gasteiger partial charge in [0.15, 0.2) is 0 Å². The zero-order valence-electron chi connectivity index (χ0n) is 8.89. The SMILES string of the molecule is C1=CCCCC1.CCC1=CCCC1. The molecular formula is C13H22. The van der Waals surface area contributed by atoms with E-state index in [1.165, 1.54) is 51.4 Å². The Morgan fingerprint density at radius 2 is 1.69 bits per heavy atom. The van der Waals surface area contributed by atoms with E-state index in [-0.39, 0.29) is 0 Å². The normalized spacial score (nSPS) is 20.5. The number of allylic oxidation sites excluding steroid dienone is 4. The van der Waals surface area contributed by atoms with E-state index in [4.69, 9.17) is 0 Å². The highest BCUT2D eigenvalue weighted by Gasteiger charge is 1.99. The second-order valence-corrected chi connectivity index (χ2v) is 3.86. The summed E-state index contributed by atoms with van der Waals surface area (Å²) in [5, 5.41) is 0. The maximum Gasteiger partial charge on any atom is -0.0317 e. The average molecular weight is 178 g/mol. The Labute approximate surface area is 82.7 Å². The molecule has 0 saturated carbocycles. The molecule has 0 aliphatic heterocycles. The maximum atomic E-state index is 2.38. The molecule has 0 spiro atoms. The fraction of sp³-hybridized carbons (Fsp3) is 0.692. The lowest BCUT2D eigenvalue weighted by molar-refractivity contribution is 0.730. The van der Waals surface area contributed by atoms with Crippen LogP contribution in [0.1, 0.15) is 58.3 Å². The fourth-order valence-corrected chi connectivity index (χ4v) is 1.82. The van der Waals surface area contributed by atoms with Crippen LogP contribution in [0.15, 0.2) is 23.8 Å². The Balaban J connectivity index is 0.000000132. The first-order valence-corrected chi connectivity index (χ1v) is 5.76. The van der Waals surface area contributed by atoms with Crippen LogP contribution in [0.3, 0.4) is 0 Å². The van der Waals surface area contributed by atoms with Crippen LogP contribution in [-0.2, 0) is 0 Å². The molecule has 0 heterocycles. The topological polar surface area (TPSA) is 0 Å². The molecule has 0 radical (unpaired) electrons. The minimum absolute atomic E-state index is 1.28. The van der Waals surface area contributed by atoms with Crippen LogP contribution in [0, 0.1) is 0 Å². The van der Waals surface area contributed by atoms with Crippen LogP contribution in [0.25, 0.3) is 0 Å². The molecule has 0 aromatic rings. The molecule has 0 atom stereocenters. The summed E-state index contributed by atoms with van der Waals surface area (Å²) in [4.78, 5) is 0.